The highest BCUT2D eigenvalue weighted by Crippen LogP contribution is 2.31. The van der Waals surface area contributed by atoms with Crippen molar-refractivity contribution in [3.05, 3.63) is 50.8 Å². The Bertz CT molecular complexity index is 862. The molecule has 2 heterocycles. The summed E-state index contributed by atoms with van der Waals surface area (Å²) in [5.74, 6) is 0.733. The van der Waals surface area contributed by atoms with Crippen LogP contribution in [0.25, 0.3) is 11.5 Å². The van der Waals surface area contributed by atoms with Crippen LogP contribution in [0, 0.1) is 11.7 Å². The molecule has 7 heteroatoms. The Morgan fingerprint density at radius 2 is 1.95 bits per heavy atom. The van der Waals surface area contributed by atoms with E-state index in [-0.39, 0.29) is 6.04 Å². The van der Waals surface area contributed by atoms with Gasteiger partial charge in [-0.15, -0.1) is 0 Å². The van der Waals surface area contributed by atoms with Crippen LogP contribution in [-0.4, -0.2) is 24.5 Å². The predicted molar refractivity (Wildman–Crippen MR) is 92.3 cm³/mol. The molecule has 0 spiro atoms. The number of nitrogens with one attached hydrogen (secondary N) is 1. The number of aryl methyl sites for hydroxylation is 1. The van der Waals surface area contributed by atoms with Crippen molar-refractivity contribution in [2.24, 2.45) is 7.05 Å². The topological polar surface area (TPSA) is 51.4 Å². The smallest absolute Gasteiger partial charge is 0.196 e. The number of H-pyrrole nitrogens is 1. The molecule has 5 nitrogen and oxygen atoms in total. The highest BCUT2D eigenvalue weighted by Gasteiger charge is 2.21. The number of benzene rings is 1. The van der Waals surface area contributed by atoms with Crippen LogP contribution in [0.1, 0.15) is 24.2 Å². The number of aromatic amines is 1. The summed E-state index contributed by atoms with van der Waals surface area (Å²) in [6, 6.07) is 10.3. The Morgan fingerprint density at radius 1 is 1.27 bits per heavy atom. The second kappa shape index (κ2) is 5.81. The average molecular weight is 378 g/mol. The predicted octanol–water partition coefficient (Wildman–Crippen LogP) is 4.02. The van der Waals surface area contributed by atoms with E-state index in [1.54, 1.807) is 0 Å². The first-order valence-corrected chi connectivity index (χ1v) is 8.12. The van der Waals surface area contributed by atoms with Crippen molar-refractivity contribution >= 4 is 28.1 Å². The van der Waals surface area contributed by atoms with Crippen molar-refractivity contribution < 1.29 is 0 Å². The lowest BCUT2D eigenvalue weighted by Crippen LogP contribution is -2.09. The largest absolute Gasteiger partial charge is 0.291 e. The van der Waals surface area contributed by atoms with Gasteiger partial charge in [-0.2, -0.15) is 10.2 Å². The number of rotatable bonds is 3. The van der Waals surface area contributed by atoms with Crippen LogP contribution in [0.4, 0.5) is 0 Å². The van der Waals surface area contributed by atoms with E-state index in [4.69, 9.17) is 12.2 Å². The molecular formula is C15H16BrN5S. The molecule has 2 aromatic heterocycles. The van der Waals surface area contributed by atoms with Gasteiger partial charge in [-0.3, -0.25) is 14.3 Å². The highest BCUT2D eigenvalue weighted by molar-refractivity contribution is 9.10. The Labute approximate surface area is 142 Å². The molecule has 1 N–H and O–H groups in total. The summed E-state index contributed by atoms with van der Waals surface area (Å²) < 4.78 is 5.35. The minimum absolute atomic E-state index is 0.0664. The first-order chi connectivity index (χ1) is 10.5. The zero-order valence-electron chi connectivity index (χ0n) is 12.5. The quantitative estimate of drug-likeness (QED) is 0.701. The van der Waals surface area contributed by atoms with Crippen LogP contribution < -0.4 is 0 Å². The van der Waals surface area contributed by atoms with Gasteiger partial charge in [-0.1, -0.05) is 30.3 Å². The molecule has 1 aromatic carbocycles. The Balaban J connectivity index is 2.16. The summed E-state index contributed by atoms with van der Waals surface area (Å²) in [5.41, 5.74) is 3.00. The zero-order chi connectivity index (χ0) is 15.9. The number of nitrogens with zero attached hydrogens (tertiary/aromatic N) is 4. The van der Waals surface area contributed by atoms with E-state index in [2.05, 4.69) is 50.3 Å². The van der Waals surface area contributed by atoms with E-state index in [0.717, 1.165) is 21.7 Å². The second-order valence-electron chi connectivity index (χ2n) is 5.18. The molecule has 0 unspecified atom stereocenters. The fraction of sp³-hybridized carbons (Fsp3) is 0.267. The van der Waals surface area contributed by atoms with Crippen molar-refractivity contribution in [3.63, 3.8) is 0 Å². The lowest BCUT2D eigenvalue weighted by Gasteiger charge is -2.15. The SMILES string of the molecule is Cc1c(Br)c(-c2n[nH]c(=S)n2[C@H](C)c2ccccc2)nn1C. The first kappa shape index (κ1) is 15.2. The maximum Gasteiger partial charge on any atom is 0.196 e. The number of aromatic nitrogens is 5. The van der Waals surface area contributed by atoms with E-state index in [1.165, 1.54) is 5.56 Å². The summed E-state index contributed by atoms with van der Waals surface area (Å²) in [4.78, 5) is 0. The van der Waals surface area contributed by atoms with Gasteiger partial charge in [-0.05, 0) is 47.6 Å². The minimum atomic E-state index is 0.0664. The van der Waals surface area contributed by atoms with Crippen LogP contribution in [0.5, 0.6) is 0 Å². The molecule has 1 atom stereocenters. The van der Waals surface area contributed by atoms with Crippen LogP contribution in [-0.2, 0) is 7.05 Å². The van der Waals surface area contributed by atoms with Crippen molar-refractivity contribution in [2.75, 3.05) is 0 Å². The maximum absolute atomic E-state index is 5.43. The van der Waals surface area contributed by atoms with Gasteiger partial charge in [0.1, 0.15) is 5.69 Å². The van der Waals surface area contributed by atoms with E-state index in [0.29, 0.717) is 4.77 Å². The molecule has 3 aromatic rings. The van der Waals surface area contributed by atoms with Gasteiger partial charge >= 0.3 is 0 Å². The molecule has 0 aliphatic carbocycles. The fourth-order valence-corrected chi connectivity index (χ4v) is 3.24. The van der Waals surface area contributed by atoms with E-state index in [9.17, 15) is 0 Å². The van der Waals surface area contributed by atoms with E-state index < -0.39 is 0 Å². The van der Waals surface area contributed by atoms with Gasteiger partial charge in [0.05, 0.1) is 10.5 Å². The number of hydrogen-bond acceptors (Lipinski definition) is 3. The second-order valence-corrected chi connectivity index (χ2v) is 6.36. The standard InChI is InChI=1S/C15H16BrN5S/c1-9(11-7-5-4-6-8-11)21-14(17-18-15(21)22)13-12(16)10(2)20(3)19-13/h4-9H,1-3H3,(H,18,22)/t9-/m1/s1. The maximum atomic E-state index is 5.43. The normalized spacial score (nSPS) is 12.5. The highest BCUT2D eigenvalue weighted by atomic mass is 79.9. The van der Waals surface area contributed by atoms with Crippen LogP contribution in [0.15, 0.2) is 34.8 Å². The van der Waals surface area contributed by atoms with Gasteiger partial charge < -0.3 is 0 Å². The van der Waals surface area contributed by atoms with E-state index in [1.807, 2.05) is 41.4 Å². The van der Waals surface area contributed by atoms with Crippen LogP contribution in [0.2, 0.25) is 0 Å². The Morgan fingerprint density at radius 3 is 2.55 bits per heavy atom. The molecular weight excluding hydrogens is 362 g/mol. The molecule has 22 heavy (non-hydrogen) atoms. The molecule has 0 aliphatic heterocycles. The molecule has 0 saturated carbocycles. The van der Waals surface area contributed by atoms with Gasteiger partial charge in [0.25, 0.3) is 0 Å². The Kier molecular flexibility index (Phi) is 4.01. The van der Waals surface area contributed by atoms with Crippen molar-refractivity contribution in [2.45, 2.75) is 19.9 Å². The molecule has 0 bridgehead atoms. The minimum Gasteiger partial charge on any atom is -0.291 e. The van der Waals surface area contributed by atoms with Crippen molar-refractivity contribution in [3.8, 4) is 11.5 Å². The number of halogens is 1. The van der Waals surface area contributed by atoms with Gasteiger partial charge in [-0.25, -0.2) is 0 Å². The molecule has 0 aliphatic rings. The summed E-state index contributed by atoms with van der Waals surface area (Å²) in [5, 5.41) is 11.8. The summed E-state index contributed by atoms with van der Waals surface area (Å²) >= 11 is 9.03. The molecule has 114 valence electrons. The van der Waals surface area contributed by atoms with Crippen LogP contribution in [0.3, 0.4) is 0 Å². The molecule has 0 saturated heterocycles. The summed E-state index contributed by atoms with van der Waals surface area (Å²) in [7, 11) is 1.91. The lowest BCUT2D eigenvalue weighted by molar-refractivity contribution is 0.632. The van der Waals surface area contributed by atoms with Gasteiger partial charge in [0.15, 0.2) is 10.6 Å². The monoisotopic (exact) mass is 377 g/mol. The molecule has 0 fully saturated rings. The van der Waals surface area contributed by atoms with E-state index >= 15 is 0 Å². The third kappa shape index (κ3) is 2.44. The van der Waals surface area contributed by atoms with Gasteiger partial charge in [0.2, 0.25) is 0 Å². The summed E-state index contributed by atoms with van der Waals surface area (Å²) in [6.45, 7) is 4.11. The van der Waals surface area contributed by atoms with Crippen LogP contribution >= 0.6 is 28.1 Å². The third-order valence-electron chi connectivity index (χ3n) is 3.85. The molecule has 0 amide bonds. The molecule has 3 rings (SSSR count). The average Bonchev–Trinajstić information content (AvgIpc) is 3.02. The van der Waals surface area contributed by atoms with Gasteiger partial charge in [0, 0.05) is 12.7 Å². The fourth-order valence-electron chi connectivity index (χ4n) is 2.44. The number of hydrogen-bond donors (Lipinski definition) is 1. The Hall–Kier alpha value is -1.73. The van der Waals surface area contributed by atoms with Crippen molar-refractivity contribution in [1.29, 1.82) is 0 Å². The molecule has 0 radical (unpaired) electrons. The lowest BCUT2D eigenvalue weighted by atomic mass is 10.1. The van der Waals surface area contributed by atoms with Crippen molar-refractivity contribution in [1.82, 2.24) is 24.5 Å². The summed E-state index contributed by atoms with van der Waals surface area (Å²) in [6.07, 6.45) is 0. The first-order valence-electron chi connectivity index (χ1n) is 6.92. The zero-order valence-corrected chi connectivity index (χ0v) is 14.9. The third-order valence-corrected chi connectivity index (χ3v) is 5.08.